The molecule has 0 saturated heterocycles. The average Bonchev–Trinajstić information content (AvgIpc) is 2.99. The largest absolute Gasteiger partial charge is 0.409 e. The summed E-state index contributed by atoms with van der Waals surface area (Å²) in [4.78, 5) is 3.79. The minimum Gasteiger partial charge on any atom is -0.409 e. The Bertz CT molecular complexity index is 576. The lowest BCUT2D eigenvalue weighted by Crippen LogP contribution is -2.29. The fraction of sp³-hybridized carbons (Fsp3) is 0.312. The van der Waals surface area contributed by atoms with Gasteiger partial charge in [0, 0.05) is 29.6 Å². The molecule has 2 aromatic rings. The number of oxime groups is 1. The number of thiophene rings is 1. The molecule has 5 heteroatoms. The minimum atomic E-state index is 0.140. The monoisotopic (exact) mass is 303 g/mol. The second kappa shape index (κ2) is 7.24. The van der Waals surface area contributed by atoms with Gasteiger partial charge in [-0.15, -0.1) is 11.3 Å². The SMILES string of the molecule is CC(C)N(Cc1ccc(C(N)=NO)cc1)Cc1cccs1. The Kier molecular flexibility index (Phi) is 5.36. The topological polar surface area (TPSA) is 61.8 Å². The second-order valence-corrected chi connectivity index (χ2v) is 6.29. The Balaban J connectivity index is 2.06. The lowest BCUT2D eigenvalue weighted by Gasteiger charge is -2.26. The molecule has 0 aliphatic heterocycles. The standard InChI is InChI=1S/C16H21N3OS/c1-12(2)19(11-15-4-3-9-21-15)10-13-5-7-14(8-6-13)16(17)18-20/h3-9,12,20H,10-11H2,1-2H3,(H2,17,18). The number of nitrogens with two attached hydrogens (primary N) is 1. The van der Waals surface area contributed by atoms with E-state index < -0.39 is 0 Å². The predicted octanol–water partition coefficient (Wildman–Crippen LogP) is 3.25. The van der Waals surface area contributed by atoms with Gasteiger partial charge >= 0.3 is 0 Å². The molecule has 0 aliphatic rings. The van der Waals surface area contributed by atoms with Crippen LogP contribution in [0.4, 0.5) is 0 Å². The summed E-state index contributed by atoms with van der Waals surface area (Å²) < 4.78 is 0. The molecule has 112 valence electrons. The highest BCUT2D eigenvalue weighted by atomic mass is 32.1. The Hall–Kier alpha value is -1.85. The van der Waals surface area contributed by atoms with E-state index in [1.54, 1.807) is 11.3 Å². The zero-order valence-electron chi connectivity index (χ0n) is 12.4. The van der Waals surface area contributed by atoms with Crippen molar-refractivity contribution in [2.24, 2.45) is 10.9 Å². The minimum absolute atomic E-state index is 0.140. The van der Waals surface area contributed by atoms with Crippen LogP contribution in [0.2, 0.25) is 0 Å². The molecule has 0 fully saturated rings. The number of hydrogen-bond donors (Lipinski definition) is 2. The maximum absolute atomic E-state index is 8.68. The molecule has 0 saturated carbocycles. The van der Waals surface area contributed by atoms with Crippen LogP contribution in [0, 0.1) is 0 Å². The van der Waals surface area contributed by atoms with Crippen LogP contribution >= 0.6 is 11.3 Å². The van der Waals surface area contributed by atoms with Gasteiger partial charge in [-0.25, -0.2) is 0 Å². The first-order valence-corrected chi connectivity index (χ1v) is 7.81. The molecule has 1 aromatic heterocycles. The summed E-state index contributed by atoms with van der Waals surface area (Å²) in [5.74, 6) is 0.140. The van der Waals surface area contributed by atoms with Crippen LogP contribution < -0.4 is 5.73 Å². The summed E-state index contributed by atoms with van der Waals surface area (Å²) in [5, 5.41) is 13.8. The molecule has 1 aromatic carbocycles. The van der Waals surface area contributed by atoms with E-state index in [0.717, 1.165) is 18.7 Å². The third-order valence-corrected chi connectivity index (χ3v) is 4.27. The molecule has 0 amide bonds. The van der Waals surface area contributed by atoms with Crippen molar-refractivity contribution < 1.29 is 5.21 Å². The van der Waals surface area contributed by atoms with Crippen LogP contribution in [0.1, 0.15) is 29.9 Å². The van der Waals surface area contributed by atoms with Gasteiger partial charge in [-0.1, -0.05) is 35.5 Å². The fourth-order valence-corrected chi connectivity index (χ4v) is 2.83. The summed E-state index contributed by atoms with van der Waals surface area (Å²) in [7, 11) is 0. The highest BCUT2D eigenvalue weighted by molar-refractivity contribution is 7.09. The van der Waals surface area contributed by atoms with Gasteiger partial charge in [0.2, 0.25) is 0 Å². The zero-order chi connectivity index (χ0) is 15.2. The molecule has 0 aliphatic carbocycles. The molecule has 2 rings (SSSR count). The van der Waals surface area contributed by atoms with E-state index in [4.69, 9.17) is 10.9 Å². The summed E-state index contributed by atoms with van der Waals surface area (Å²) in [6.45, 7) is 6.25. The lowest BCUT2D eigenvalue weighted by molar-refractivity contribution is 0.205. The van der Waals surface area contributed by atoms with Crippen molar-refractivity contribution in [3.8, 4) is 0 Å². The van der Waals surface area contributed by atoms with Crippen molar-refractivity contribution in [1.82, 2.24) is 4.90 Å². The van der Waals surface area contributed by atoms with Crippen molar-refractivity contribution in [3.05, 3.63) is 57.8 Å². The highest BCUT2D eigenvalue weighted by Gasteiger charge is 2.11. The molecule has 0 atom stereocenters. The number of rotatable bonds is 6. The quantitative estimate of drug-likeness (QED) is 0.373. The summed E-state index contributed by atoms with van der Waals surface area (Å²) >= 11 is 1.79. The van der Waals surface area contributed by atoms with E-state index in [1.165, 1.54) is 10.4 Å². The Labute approximate surface area is 129 Å². The third kappa shape index (κ3) is 4.31. The summed E-state index contributed by atoms with van der Waals surface area (Å²) in [6, 6.07) is 12.5. The Morgan fingerprint density at radius 3 is 2.48 bits per heavy atom. The number of benzene rings is 1. The number of nitrogens with zero attached hydrogens (tertiary/aromatic N) is 2. The smallest absolute Gasteiger partial charge is 0.170 e. The summed E-state index contributed by atoms with van der Waals surface area (Å²) in [6.07, 6.45) is 0. The van der Waals surface area contributed by atoms with Gasteiger partial charge in [0.1, 0.15) is 0 Å². The van der Waals surface area contributed by atoms with Crippen LogP contribution in [0.5, 0.6) is 0 Å². The van der Waals surface area contributed by atoms with Crippen molar-refractivity contribution >= 4 is 17.2 Å². The van der Waals surface area contributed by atoms with Gasteiger partial charge in [-0.2, -0.15) is 0 Å². The van der Waals surface area contributed by atoms with E-state index in [1.807, 2.05) is 24.3 Å². The van der Waals surface area contributed by atoms with Gasteiger partial charge in [0.25, 0.3) is 0 Å². The van der Waals surface area contributed by atoms with Gasteiger partial charge in [-0.05, 0) is 30.9 Å². The second-order valence-electron chi connectivity index (χ2n) is 5.26. The van der Waals surface area contributed by atoms with Gasteiger partial charge in [0.15, 0.2) is 5.84 Å². The van der Waals surface area contributed by atoms with Crippen LogP contribution in [0.15, 0.2) is 46.9 Å². The molecule has 21 heavy (non-hydrogen) atoms. The van der Waals surface area contributed by atoms with Gasteiger partial charge < -0.3 is 10.9 Å². The molecule has 3 N–H and O–H groups in total. The third-order valence-electron chi connectivity index (χ3n) is 3.41. The molecule has 1 heterocycles. The maximum atomic E-state index is 8.68. The van der Waals surface area contributed by atoms with Crippen molar-refractivity contribution in [1.29, 1.82) is 0 Å². The van der Waals surface area contributed by atoms with E-state index in [-0.39, 0.29) is 5.84 Å². The van der Waals surface area contributed by atoms with E-state index >= 15 is 0 Å². The normalized spacial score (nSPS) is 12.3. The first-order valence-electron chi connectivity index (χ1n) is 6.93. The lowest BCUT2D eigenvalue weighted by atomic mass is 10.1. The van der Waals surface area contributed by atoms with Crippen LogP contribution in [0.25, 0.3) is 0 Å². The van der Waals surface area contributed by atoms with Crippen molar-refractivity contribution in [3.63, 3.8) is 0 Å². The molecule has 4 nitrogen and oxygen atoms in total. The number of amidine groups is 1. The molecule has 0 spiro atoms. The van der Waals surface area contributed by atoms with Crippen LogP contribution in [-0.2, 0) is 13.1 Å². The number of hydrogen-bond acceptors (Lipinski definition) is 4. The summed E-state index contributed by atoms with van der Waals surface area (Å²) in [5.41, 5.74) is 7.52. The fourth-order valence-electron chi connectivity index (χ4n) is 2.10. The zero-order valence-corrected chi connectivity index (χ0v) is 13.2. The first kappa shape index (κ1) is 15.5. The average molecular weight is 303 g/mol. The molecular weight excluding hydrogens is 282 g/mol. The van der Waals surface area contributed by atoms with E-state index in [0.29, 0.717) is 6.04 Å². The van der Waals surface area contributed by atoms with E-state index in [2.05, 4.69) is 41.4 Å². The molecule has 0 radical (unpaired) electrons. The van der Waals surface area contributed by atoms with E-state index in [9.17, 15) is 0 Å². The Morgan fingerprint density at radius 1 is 1.24 bits per heavy atom. The van der Waals surface area contributed by atoms with Crippen LogP contribution in [-0.4, -0.2) is 22.0 Å². The molecule has 0 bridgehead atoms. The van der Waals surface area contributed by atoms with Crippen molar-refractivity contribution in [2.45, 2.75) is 33.0 Å². The van der Waals surface area contributed by atoms with Gasteiger partial charge in [0.05, 0.1) is 0 Å². The molecule has 0 unspecified atom stereocenters. The molecular formula is C16H21N3OS. The van der Waals surface area contributed by atoms with Crippen molar-refractivity contribution in [2.75, 3.05) is 0 Å². The Morgan fingerprint density at radius 2 is 1.95 bits per heavy atom. The maximum Gasteiger partial charge on any atom is 0.170 e. The predicted molar refractivity (Wildman–Crippen MR) is 87.7 cm³/mol. The highest BCUT2D eigenvalue weighted by Crippen LogP contribution is 2.17. The van der Waals surface area contributed by atoms with Crippen LogP contribution in [0.3, 0.4) is 0 Å². The van der Waals surface area contributed by atoms with Gasteiger partial charge in [-0.3, -0.25) is 4.90 Å². The first-order chi connectivity index (χ1) is 10.1.